The lowest BCUT2D eigenvalue weighted by Gasteiger charge is -2.45. The van der Waals surface area contributed by atoms with Crippen LogP contribution in [0, 0.1) is 6.92 Å². The van der Waals surface area contributed by atoms with Gasteiger partial charge in [-0.1, -0.05) is 81.4 Å². The third-order valence-electron chi connectivity index (χ3n) is 5.65. The van der Waals surface area contributed by atoms with E-state index in [1.54, 1.807) is 11.3 Å². The van der Waals surface area contributed by atoms with Crippen LogP contribution in [0.4, 0.5) is 0 Å². The van der Waals surface area contributed by atoms with Gasteiger partial charge in [-0.3, -0.25) is 0 Å². The van der Waals surface area contributed by atoms with Crippen molar-refractivity contribution in [2.24, 2.45) is 0 Å². The number of benzene rings is 2. The smallest absolute Gasteiger partial charge is 0.261 e. The van der Waals surface area contributed by atoms with Gasteiger partial charge in [0.15, 0.2) is 0 Å². The van der Waals surface area contributed by atoms with Gasteiger partial charge in [0.1, 0.15) is 0 Å². The van der Waals surface area contributed by atoms with Crippen molar-refractivity contribution in [2.75, 3.05) is 6.61 Å². The van der Waals surface area contributed by atoms with E-state index in [-0.39, 0.29) is 17.7 Å². The van der Waals surface area contributed by atoms with E-state index in [4.69, 9.17) is 4.43 Å². The van der Waals surface area contributed by atoms with E-state index >= 15 is 0 Å². The summed E-state index contributed by atoms with van der Waals surface area (Å²) in [6.45, 7) is 11.0. The minimum atomic E-state index is -2.69. The Morgan fingerprint density at radius 1 is 1.06 bits per heavy atom. The fraction of sp³-hybridized carbons (Fsp3) is 0.346. The van der Waals surface area contributed by atoms with Crippen LogP contribution in [0.15, 0.2) is 71.6 Å². The Labute approximate surface area is 191 Å². The minimum absolute atomic E-state index is 0.0736. The Morgan fingerprint density at radius 3 is 2.03 bits per heavy atom. The molecule has 5 heteroatoms. The predicted octanol–water partition coefficient (Wildman–Crippen LogP) is 5.18. The summed E-state index contributed by atoms with van der Waals surface area (Å²) in [5.41, 5.74) is 2.04. The van der Waals surface area contributed by atoms with Crippen LogP contribution in [-0.2, 0) is 4.43 Å². The Hall–Kier alpha value is -2.05. The molecule has 3 aromatic rings. The number of aliphatic hydroxyl groups excluding tert-OH is 1. The van der Waals surface area contributed by atoms with Crippen molar-refractivity contribution < 1.29 is 9.53 Å². The van der Waals surface area contributed by atoms with E-state index < -0.39 is 8.32 Å². The van der Waals surface area contributed by atoms with Crippen LogP contribution in [0.2, 0.25) is 5.04 Å². The lowest BCUT2D eigenvalue weighted by Crippen LogP contribution is -2.67. The molecule has 0 bridgehead atoms. The van der Waals surface area contributed by atoms with Crippen LogP contribution >= 0.6 is 11.3 Å². The highest BCUT2D eigenvalue weighted by Gasteiger charge is 2.51. The van der Waals surface area contributed by atoms with Gasteiger partial charge in [-0.15, -0.1) is 11.3 Å². The molecule has 0 aliphatic heterocycles. The SMILES string of the molecule is CC(=Cc1csc(C)n1)[C@H](CCO)O[Si](c1ccccc1)(c1ccccc1)C(C)(C)C. The average molecular weight is 452 g/mol. The quantitative estimate of drug-likeness (QED) is 0.480. The van der Waals surface area contributed by atoms with Crippen LogP contribution in [0.3, 0.4) is 0 Å². The van der Waals surface area contributed by atoms with Gasteiger partial charge in [-0.25, -0.2) is 4.98 Å². The molecular weight excluding hydrogens is 418 g/mol. The van der Waals surface area contributed by atoms with Gasteiger partial charge >= 0.3 is 0 Å². The summed E-state index contributed by atoms with van der Waals surface area (Å²) >= 11 is 1.65. The molecule has 0 unspecified atom stereocenters. The molecule has 1 atom stereocenters. The molecule has 0 saturated carbocycles. The molecule has 3 nitrogen and oxygen atoms in total. The van der Waals surface area contributed by atoms with E-state index in [1.807, 2.05) is 6.92 Å². The first-order valence-electron chi connectivity index (χ1n) is 10.8. The maximum absolute atomic E-state index is 9.89. The molecule has 1 aromatic heterocycles. The first-order chi connectivity index (χ1) is 14.8. The highest BCUT2D eigenvalue weighted by Crippen LogP contribution is 2.38. The standard InChI is InChI=1S/C26H33NO2SSi/c1-20(18-22-19-30-21(2)27-22)25(16-17-28)29-31(26(3,4)5,23-12-8-6-9-13-23)24-14-10-7-11-15-24/h6-15,18-19,25,28H,16-17H2,1-5H3/t25-/m0/s1. The third-order valence-corrected chi connectivity index (χ3v) is 11.5. The van der Waals surface area contributed by atoms with Crippen molar-refractivity contribution in [3.8, 4) is 0 Å². The molecule has 31 heavy (non-hydrogen) atoms. The van der Waals surface area contributed by atoms with Crippen molar-refractivity contribution in [1.82, 2.24) is 4.98 Å². The number of hydrogen-bond acceptors (Lipinski definition) is 4. The predicted molar refractivity (Wildman–Crippen MR) is 135 cm³/mol. The zero-order valence-corrected chi connectivity index (χ0v) is 20.9. The number of aromatic nitrogens is 1. The summed E-state index contributed by atoms with van der Waals surface area (Å²) in [6.07, 6.45) is 2.45. The fourth-order valence-corrected chi connectivity index (χ4v) is 9.49. The Balaban J connectivity index is 2.15. The lowest BCUT2D eigenvalue weighted by molar-refractivity contribution is 0.171. The monoisotopic (exact) mass is 451 g/mol. The van der Waals surface area contributed by atoms with Crippen molar-refractivity contribution in [3.63, 3.8) is 0 Å². The normalized spacial score (nSPS) is 13.9. The van der Waals surface area contributed by atoms with Gasteiger partial charge in [-0.05, 0) is 47.3 Å². The molecule has 0 radical (unpaired) electrons. The Morgan fingerprint density at radius 2 is 1.61 bits per heavy atom. The molecule has 164 valence electrons. The molecule has 1 heterocycles. The van der Waals surface area contributed by atoms with Gasteiger partial charge < -0.3 is 9.53 Å². The maximum atomic E-state index is 9.89. The summed E-state index contributed by atoms with van der Waals surface area (Å²) in [5, 5.41) is 15.4. The number of thiazole rings is 1. The maximum Gasteiger partial charge on any atom is 0.261 e. The van der Waals surface area contributed by atoms with Crippen molar-refractivity contribution in [3.05, 3.63) is 82.3 Å². The molecule has 1 N–H and O–H groups in total. The summed E-state index contributed by atoms with van der Waals surface area (Å²) < 4.78 is 7.24. The molecule has 0 aliphatic rings. The summed E-state index contributed by atoms with van der Waals surface area (Å²) in [4.78, 5) is 4.59. The molecule has 0 spiro atoms. The third kappa shape index (κ3) is 5.24. The zero-order valence-electron chi connectivity index (χ0n) is 19.1. The van der Waals surface area contributed by atoms with Gasteiger partial charge in [0.05, 0.1) is 16.8 Å². The van der Waals surface area contributed by atoms with Crippen LogP contribution in [0.1, 0.15) is 44.8 Å². The van der Waals surface area contributed by atoms with Crippen LogP contribution in [-0.4, -0.2) is 31.1 Å². The molecule has 0 fully saturated rings. The Bertz CT molecular complexity index is 954. The van der Waals surface area contributed by atoms with E-state index in [1.165, 1.54) is 10.4 Å². The molecule has 0 aliphatic carbocycles. The van der Waals surface area contributed by atoms with Crippen LogP contribution < -0.4 is 10.4 Å². The molecule has 0 amide bonds. The van der Waals surface area contributed by atoms with Crippen LogP contribution in [0.25, 0.3) is 6.08 Å². The molecule has 0 saturated heterocycles. The lowest BCUT2D eigenvalue weighted by atomic mass is 10.1. The van der Waals surface area contributed by atoms with E-state index in [0.717, 1.165) is 16.3 Å². The summed E-state index contributed by atoms with van der Waals surface area (Å²) in [5.74, 6) is 0. The van der Waals surface area contributed by atoms with Crippen molar-refractivity contribution in [2.45, 2.75) is 52.2 Å². The second-order valence-electron chi connectivity index (χ2n) is 8.96. The van der Waals surface area contributed by atoms with E-state index in [9.17, 15) is 5.11 Å². The summed E-state index contributed by atoms with van der Waals surface area (Å²) in [6, 6.07) is 21.3. The van der Waals surface area contributed by atoms with Gasteiger partial charge in [-0.2, -0.15) is 0 Å². The molecule has 2 aromatic carbocycles. The van der Waals surface area contributed by atoms with Crippen molar-refractivity contribution >= 4 is 36.1 Å². The van der Waals surface area contributed by atoms with Crippen LogP contribution in [0.5, 0.6) is 0 Å². The zero-order chi connectivity index (χ0) is 22.5. The number of aliphatic hydroxyl groups is 1. The van der Waals surface area contributed by atoms with Gasteiger partial charge in [0, 0.05) is 12.0 Å². The summed E-state index contributed by atoms with van der Waals surface area (Å²) in [7, 11) is -2.69. The Kier molecular flexibility index (Phi) is 7.65. The highest BCUT2D eigenvalue weighted by molar-refractivity contribution is 7.09. The number of aryl methyl sites for hydroxylation is 1. The van der Waals surface area contributed by atoms with E-state index in [0.29, 0.717) is 6.42 Å². The van der Waals surface area contributed by atoms with Crippen molar-refractivity contribution in [1.29, 1.82) is 0 Å². The average Bonchev–Trinajstić information content (AvgIpc) is 3.16. The highest BCUT2D eigenvalue weighted by atomic mass is 32.1. The second kappa shape index (κ2) is 10.0. The van der Waals surface area contributed by atoms with Gasteiger partial charge in [0.25, 0.3) is 8.32 Å². The van der Waals surface area contributed by atoms with E-state index in [2.05, 4.69) is 105 Å². The first-order valence-corrected chi connectivity index (χ1v) is 13.6. The fourth-order valence-electron chi connectivity index (χ4n) is 4.17. The second-order valence-corrected chi connectivity index (χ2v) is 14.3. The van der Waals surface area contributed by atoms with Gasteiger partial charge in [0.2, 0.25) is 0 Å². The number of hydrogen-bond donors (Lipinski definition) is 1. The number of rotatable bonds is 8. The molecule has 3 rings (SSSR count). The minimum Gasteiger partial charge on any atom is -0.401 e. The molecular formula is C26H33NO2SSi. The topological polar surface area (TPSA) is 42.4 Å². The first kappa shape index (κ1) is 23.6. The largest absolute Gasteiger partial charge is 0.401 e. The number of nitrogens with zero attached hydrogens (tertiary/aromatic N) is 1.